The summed E-state index contributed by atoms with van der Waals surface area (Å²) in [5, 5.41) is 3.44. The summed E-state index contributed by atoms with van der Waals surface area (Å²) < 4.78 is 7.05. The number of hydrogen-bond donors (Lipinski definition) is 1. The molecule has 0 bridgehead atoms. The Morgan fingerprint density at radius 1 is 1.11 bits per heavy atom. The van der Waals surface area contributed by atoms with Crippen molar-refractivity contribution in [2.24, 2.45) is 0 Å². The van der Waals surface area contributed by atoms with E-state index >= 15 is 0 Å². The van der Waals surface area contributed by atoms with Crippen LogP contribution in [0, 0.1) is 0 Å². The number of halogens is 1. The van der Waals surface area contributed by atoms with Crippen LogP contribution in [0.4, 0.5) is 5.69 Å². The van der Waals surface area contributed by atoms with Gasteiger partial charge in [0.1, 0.15) is 11.4 Å². The van der Waals surface area contributed by atoms with Gasteiger partial charge < -0.3 is 10.1 Å². The van der Waals surface area contributed by atoms with E-state index in [-0.39, 0.29) is 5.60 Å². The van der Waals surface area contributed by atoms with Crippen molar-refractivity contribution in [1.29, 1.82) is 0 Å². The van der Waals surface area contributed by atoms with Gasteiger partial charge in [0.05, 0.1) is 12.2 Å². The van der Waals surface area contributed by atoms with Gasteiger partial charge in [-0.1, -0.05) is 34.1 Å². The maximum atomic E-state index is 5.96. The van der Waals surface area contributed by atoms with E-state index in [9.17, 15) is 0 Å². The van der Waals surface area contributed by atoms with E-state index in [2.05, 4.69) is 59.4 Å². The maximum Gasteiger partial charge on any atom is 0.143 e. The molecule has 19 heavy (non-hydrogen) atoms. The first-order valence-corrected chi connectivity index (χ1v) is 7.16. The highest BCUT2D eigenvalue weighted by molar-refractivity contribution is 9.10. The molecule has 0 saturated heterocycles. The molecule has 0 atom stereocenters. The van der Waals surface area contributed by atoms with Gasteiger partial charge in [0.2, 0.25) is 0 Å². The molecule has 2 aromatic rings. The van der Waals surface area contributed by atoms with E-state index in [4.69, 9.17) is 4.74 Å². The van der Waals surface area contributed by atoms with Gasteiger partial charge in [-0.25, -0.2) is 0 Å². The maximum absolute atomic E-state index is 5.96. The van der Waals surface area contributed by atoms with Crippen LogP contribution in [0.15, 0.2) is 46.9 Å². The first-order chi connectivity index (χ1) is 9.03. The summed E-state index contributed by atoms with van der Waals surface area (Å²) in [6.45, 7) is 5.00. The zero-order valence-electron chi connectivity index (χ0n) is 11.0. The lowest BCUT2D eigenvalue weighted by molar-refractivity contribution is 0.116. The molecule has 3 heteroatoms. The average molecular weight is 318 g/mol. The molecule has 1 aliphatic rings. The van der Waals surface area contributed by atoms with Crippen LogP contribution in [0.5, 0.6) is 5.75 Å². The van der Waals surface area contributed by atoms with Crippen molar-refractivity contribution in [3.63, 3.8) is 0 Å². The van der Waals surface area contributed by atoms with Gasteiger partial charge in [0, 0.05) is 4.47 Å². The average Bonchev–Trinajstić information content (AvgIpc) is 2.37. The standard InChI is InChI=1S/C16H16BrNO/c1-16(2)10-18-14-9-12(6-7-15(14)19-16)11-4-3-5-13(17)8-11/h3-9,18H,10H2,1-2H3. The molecule has 3 rings (SSSR count). The third-order valence-electron chi connectivity index (χ3n) is 3.23. The zero-order valence-corrected chi connectivity index (χ0v) is 12.6. The van der Waals surface area contributed by atoms with Crippen LogP contribution >= 0.6 is 15.9 Å². The highest BCUT2D eigenvalue weighted by Crippen LogP contribution is 2.36. The van der Waals surface area contributed by atoms with Crippen molar-refractivity contribution < 1.29 is 4.74 Å². The fourth-order valence-corrected chi connectivity index (χ4v) is 2.65. The molecular formula is C16H16BrNO. The summed E-state index contributed by atoms with van der Waals surface area (Å²) in [7, 11) is 0. The Hall–Kier alpha value is -1.48. The summed E-state index contributed by atoms with van der Waals surface area (Å²) >= 11 is 3.51. The predicted molar refractivity (Wildman–Crippen MR) is 82.8 cm³/mol. The fraction of sp³-hybridized carbons (Fsp3) is 0.250. The lowest BCUT2D eigenvalue weighted by atomic mass is 10.0. The first kappa shape index (κ1) is 12.5. The molecule has 0 amide bonds. The Bertz CT molecular complexity index is 622. The van der Waals surface area contributed by atoms with Crippen LogP contribution < -0.4 is 10.1 Å². The SMILES string of the molecule is CC1(C)CNc2cc(-c3cccc(Br)c3)ccc2O1. The summed E-state index contributed by atoms with van der Waals surface area (Å²) in [6, 6.07) is 14.6. The minimum Gasteiger partial charge on any atom is -0.484 e. The molecule has 0 unspecified atom stereocenters. The van der Waals surface area contributed by atoms with E-state index in [1.54, 1.807) is 0 Å². The van der Waals surface area contributed by atoms with Crippen molar-refractivity contribution in [1.82, 2.24) is 0 Å². The van der Waals surface area contributed by atoms with E-state index in [0.717, 1.165) is 22.5 Å². The summed E-state index contributed by atoms with van der Waals surface area (Å²) in [6.07, 6.45) is 0. The van der Waals surface area contributed by atoms with Gasteiger partial charge in [-0.15, -0.1) is 0 Å². The molecular weight excluding hydrogens is 302 g/mol. The van der Waals surface area contributed by atoms with Crippen molar-refractivity contribution in [2.75, 3.05) is 11.9 Å². The Labute approximate surface area is 121 Å². The quantitative estimate of drug-likeness (QED) is 0.823. The first-order valence-electron chi connectivity index (χ1n) is 6.36. The predicted octanol–water partition coefficient (Wildman–Crippen LogP) is 4.70. The van der Waals surface area contributed by atoms with Crippen molar-refractivity contribution >= 4 is 21.6 Å². The second-order valence-corrected chi connectivity index (χ2v) is 6.35. The van der Waals surface area contributed by atoms with Gasteiger partial charge >= 0.3 is 0 Å². The third kappa shape index (κ3) is 2.61. The van der Waals surface area contributed by atoms with Gasteiger partial charge in [0.25, 0.3) is 0 Å². The number of benzene rings is 2. The van der Waals surface area contributed by atoms with Crippen LogP contribution in [0.3, 0.4) is 0 Å². The lowest BCUT2D eigenvalue weighted by Crippen LogP contribution is -2.39. The van der Waals surface area contributed by atoms with Crippen molar-refractivity contribution in [3.8, 4) is 16.9 Å². The van der Waals surface area contributed by atoms with E-state index in [1.165, 1.54) is 11.1 Å². The van der Waals surface area contributed by atoms with Crippen LogP contribution in [0.1, 0.15) is 13.8 Å². The number of hydrogen-bond acceptors (Lipinski definition) is 2. The monoisotopic (exact) mass is 317 g/mol. The van der Waals surface area contributed by atoms with Gasteiger partial charge in [0.15, 0.2) is 0 Å². The normalized spacial score (nSPS) is 16.2. The molecule has 0 radical (unpaired) electrons. The Kier molecular flexibility index (Phi) is 3.02. The van der Waals surface area contributed by atoms with E-state index < -0.39 is 0 Å². The zero-order chi connectivity index (χ0) is 13.5. The minimum atomic E-state index is -0.149. The number of anilines is 1. The Morgan fingerprint density at radius 2 is 1.89 bits per heavy atom. The highest BCUT2D eigenvalue weighted by atomic mass is 79.9. The molecule has 0 fully saturated rings. The summed E-state index contributed by atoms with van der Waals surface area (Å²) in [5.74, 6) is 0.926. The molecule has 0 spiro atoms. The smallest absolute Gasteiger partial charge is 0.143 e. The van der Waals surface area contributed by atoms with Crippen LogP contribution in [-0.2, 0) is 0 Å². The number of nitrogens with one attached hydrogen (secondary N) is 1. The molecule has 98 valence electrons. The molecule has 0 saturated carbocycles. The number of fused-ring (bicyclic) bond motifs is 1. The van der Waals surface area contributed by atoms with Gasteiger partial charge in [-0.3, -0.25) is 0 Å². The van der Waals surface area contributed by atoms with E-state index in [0.29, 0.717) is 0 Å². The summed E-state index contributed by atoms with van der Waals surface area (Å²) in [4.78, 5) is 0. The minimum absolute atomic E-state index is 0.149. The summed E-state index contributed by atoms with van der Waals surface area (Å²) in [5.41, 5.74) is 3.31. The molecule has 0 aromatic heterocycles. The second kappa shape index (κ2) is 4.57. The van der Waals surface area contributed by atoms with Crippen LogP contribution in [-0.4, -0.2) is 12.1 Å². The molecule has 2 aromatic carbocycles. The Morgan fingerprint density at radius 3 is 2.68 bits per heavy atom. The molecule has 2 nitrogen and oxygen atoms in total. The lowest BCUT2D eigenvalue weighted by Gasteiger charge is -2.33. The van der Waals surface area contributed by atoms with Crippen LogP contribution in [0.2, 0.25) is 0 Å². The van der Waals surface area contributed by atoms with Gasteiger partial charge in [-0.2, -0.15) is 0 Å². The van der Waals surface area contributed by atoms with Gasteiger partial charge in [-0.05, 0) is 49.2 Å². The molecule has 0 aliphatic carbocycles. The van der Waals surface area contributed by atoms with E-state index in [1.807, 2.05) is 18.2 Å². The fourth-order valence-electron chi connectivity index (χ4n) is 2.25. The number of ether oxygens (including phenoxy) is 1. The third-order valence-corrected chi connectivity index (χ3v) is 3.72. The second-order valence-electron chi connectivity index (χ2n) is 5.44. The Balaban J connectivity index is 1.99. The number of rotatable bonds is 1. The van der Waals surface area contributed by atoms with Crippen molar-refractivity contribution in [3.05, 3.63) is 46.9 Å². The molecule has 1 aliphatic heterocycles. The van der Waals surface area contributed by atoms with Crippen molar-refractivity contribution in [2.45, 2.75) is 19.4 Å². The molecule has 1 heterocycles. The van der Waals surface area contributed by atoms with Crippen LogP contribution in [0.25, 0.3) is 11.1 Å². The largest absolute Gasteiger partial charge is 0.484 e. The topological polar surface area (TPSA) is 21.3 Å². The molecule has 1 N–H and O–H groups in total. The highest BCUT2D eigenvalue weighted by Gasteiger charge is 2.26.